The first-order valence-electron chi connectivity index (χ1n) is 13.8. The number of pyridine rings is 1. The summed E-state index contributed by atoms with van der Waals surface area (Å²) in [7, 11) is -3.07. The standard InChI is InChI=1S/C29H36N4O4S/c1-38(36,37)22-14-18-31(19-15-22)28-30-26(25-13-7-8-17-33(25)28)27(34)32-20-16-29(35,21-9-3-2-4-10-21)23-11-5-6-12-24(23)32/h2-4,7-10,13,17,22-24,35H,5-6,11-12,14-16,18-20H2,1H3/t23-,24?,29-/m1/s1. The number of rotatable bonds is 4. The van der Waals surface area contributed by atoms with Crippen LogP contribution in [0.5, 0.6) is 0 Å². The minimum Gasteiger partial charge on any atom is -0.385 e. The Morgan fingerprint density at radius 3 is 2.42 bits per heavy atom. The highest BCUT2D eigenvalue weighted by atomic mass is 32.2. The summed E-state index contributed by atoms with van der Waals surface area (Å²) < 4.78 is 26.1. The van der Waals surface area contributed by atoms with Crippen molar-refractivity contribution in [1.82, 2.24) is 14.3 Å². The van der Waals surface area contributed by atoms with Crippen molar-refractivity contribution < 1.29 is 18.3 Å². The van der Waals surface area contributed by atoms with Gasteiger partial charge in [0.1, 0.15) is 9.84 Å². The smallest absolute Gasteiger partial charge is 0.275 e. The molecular formula is C29H36N4O4S. The van der Waals surface area contributed by atoms with Gasteiger partial charge in [0.2, 0.25) is 5.95 Å². The molecule has 0 bridgehead atoms. The molecule has 38 heavy (non-hydrogen) atoms. The van der Waals surface area contributed by atoms with Crippen molar-refractivity contribution in [2.75, 3.05) is 30.8 Å². The van der Waals surface area contributed by atoms with Crippen LogP contribution in [0.2, 0.25) is 0 Å². The minimum atomic E-state index is -3.07. The number of hydrogen-bond acceptors (Lipinski definition) is 6. The number of fused-ring (bicyclic) bond motifs is 2. The summed E-state index contributed by atoms with van der Waals surface area (Å²) in [4.78, 5) is 23.1. The summed E-state index contributed by atoms with van der Waals surface area (Å²) in [6, 6.07) is 15.7. The van der Waals surface area contributed by atoms with Crippen molar-refractivity contribution in [1.29, 1.82) is 0 Å². The zero-order valence-corrected chi connectivity index (χ0v) is 22.7. The fraction of sp³-hybridized carbons (Fsp3) is 0.517. The van der Waals surface area contributed by atoms with E-state index >= 15 is 0 Å². The first-order chi connectivity index (χ1) is 18.3. The second-order valence-electron chi connectivity index (χ2n) is 11.2. The van der Waals surface area contributed by atoms with Crippen LogP contribution in [0.4, 0.5) is 5.95 Å². The van der Waals surface area contributed by atoms with Gasteiger partial charge in [0.25, 0.3) is 5.91 Å². The maximum atomic E-state index is 14.2. The molecule has 2 aliphatic heterocycles. The number of hydrogen-bond donors (Lipinski definition) is 1. The third kappa shape index (κ3) is 4.29. The highest BCUT2D eigenvalue weighted by Crippen LogP contribution is 2.47. The number of anilines is 1. The molecule has 3 atom stereocenters. The Hall–Kier alpha value is -2.91. The number of sulfone groups is 1. The second kappa shape index (κ2) is 9.68. The molecular weight excluding hydrogens is 500 g/mol. The average molecular weight is 537 g/mol. The number of nitrogens with zero attached hydrogens (tertiary/aromatic N) is 4. The van der Waals surface area contributed by atoms with E-state index in [4.69, 9.17) is 4.98 Å². The van der Waals surface area contributed by atoms with Gasteiger partial charge in [-0.1, -0.05) is 49.2 Å². The summed E-state index contributed by atoms with van der Waals surface area (Å²) in [6.45, 7) is 1.64. The van der Waals surface area contributed by atoms with Crippen LogP contribution < -0.4 is 4.90 Å². The second-order valence-corrected chi connectivity index (χ2v) is 13.6. The van der Waals surface area contributed by atoms with Crippen LogP contribution in [0.15, 0.2) is 54.7 Å². The van der Waals surface area contributed by atoms with E-state index < -0.39 is 15.4 Å². The Balaban J connectivity index is 1.31. The summed E-state index contributed by atoms with van der Waals surface area (Å²) in [5.41, 5.74) is 1.19. The van der Waals surface area contributed by atoms with E-state index in [0.29, 0.717) is 50.5 Å². The van der Waals surface area contributed by atoms with Crippen LogP contribution in [-0.2, 0) is 15.4 Å². The molecule has 202 valence electrons. The number of aliphatic hydroxyl groups is 1. The molecule has 0 radical (unpaired) electrons. The monoisotopic (exact) mass is 536 g/mol. The maximum absolute atomic E-state index is 14.2. The number of likely N-dealkylation sites (tertiary alicyclic amines) is 1. The van der Waals surface area contributed by atoms with Crippen LogP contribution in [0.25, 0.3) is 5.52 Å². The van der Waals surface area contributed by atoms with Crippen molar-refractivity contribution in [2.24, 2.45) is 5.92 Å². The molecule has 1 aromatic carbocycles. The molecule has 8 nitrogen and oxygen atoms in total. The van der Waals surface area contributed by atoms with Gasteiger partial charge in [0.15, 0.2) is 5.69 Å². The van der Waals surface area contributed by atoms with Crippen molar-refractivity contribution in [3.05, 3.63) is 66.0 Å². The van der Waals surface area contributed by atoms with Gasteiger partial charge in [-0.05, 0) is 49.8 Å². The third-order valence-electron chi connectivity index (χ3n) is 9.07. The predicted octanol–water partition coefficient (Wildman–Crippen LogP) is 3.64. The van der Waals surface area contributed by atoms with E-state index in [9.17, 15) is 18.3 Å². The molecule has 1 unspecified atom stereocenters. The van der Waals surface area contributed by atoms with Gasteiger partial charge < -0.3 is 14.9 Å². The Kier molecular flexibility index (Phi) is 6.46. The van der Waals surface area contributed by atoms with E-state index in [1.165, 1.54) is 6.26 Å². The average Bonchev–Trinajstić information content (AvgIpc) is 3.33. The van der Waals surface area contributed by atoms with Crippen LogP contribution in [0, 0.1) is 5.92 Å². The molecule has 3 aromatic rings. The van der Waals surface area contributed by atoms with E-state index in [0.717, 1.165) is 36.8 Å². The normalized spacial score (nSPS) is 26.9. The van der Waals surface area contributed by atoms with Crippen LogP contribution >= 0.6 is 0 Å². The van der Waals surface area contributed by atoms with Crippen LogP contribution in [0.3, 0.4) is 0 Å². The van der Waals surface area contributed by atoms with Gasteiger partial charge in [0, 0.05) is 44.0 Å². The topological polar surface area (TPSA) is 95.2 Å². The number of benzene rings is 1. The molecule has 4 heterocycles. The zero-order valence-electron chi connectivity index (χ0n) is 21.9. The van der Waals surface area contributed by atoms with Gasteiger partial charge in [0.05, 0.1) is 16.4 Å². The van der Waals surface area contributed by atoms with Gasteiger partial charge in [-0.25, -0.2) is 13.4 Å². The van der Waals surface area contributed by atoms with Gasteiger partial charge in [-0.3, -0.25) is 9.20 Å². The number of carbonyl (C=O) groups excluding carboxylic acids is 1. The molecule has 9 heteroatoms. The van der Waals surface area contributed by atoms with Gasteiger partial charge in [-0.15, -0.1) is 0 Å². The van der Waals surface area contributed by atoms with Gasteiger partial charge >= 0.3 is 0 Å². The Morgan fingerprint density at radius 2 is 1.68 bits per heavy atom. The first kappa shape index (κ1) is 25.4. The zero-order chi connectivity index (χ0) is 26.5. The Labute approximate surface area is 224 Å². The van der Waals surface area contributed by atoms with Crippen molar-refractivity contribution in [3.63, 3.8) is 0 Å². The predicted molar refractivity (Wildman–Crippen MR) is 147 cm³/mol. The number of imidazole rings is 1. The quantitative estimate of drug-likeness (QED) is 0.547. The molecule has 1 N–H and O–H groups in total. The van der Waals surface area contributed by atoms with E-state index in [-0.39, 0.29) is 23.1 Å². The fourth-order valence-electron chi connectivity index (χ4n) is 7.04. The molecule has 1 aliphatic carbocycles. The van der Waals surface area contributed by atoms with Crippen molar-refractivity contribution in [2.45, 2.75) is 61.8 Å². The summed E-state index contributed by atoms with van der Waals surface area (Å²) in [6.07, 6.45) is 8.71. The van der Waals surface area contributed by atoms with Crippen molar-refractivity contribution >= 4 is 27.2 Å². The maximum Gasteiger partial charge on any atom is 0.275 e. The molecule has 2 saturated heterocycles. The van der Waals surface area contributed by atoms with E-state index in [1.807, 2.05) is 64.0 Å². The Bertz CT molecular complexity index is 1430. The molecule has 3 aliphatic rings. The lowest BCUT2D eigenvalue weighted by atomic mass is 9.66. The van der Waals surface area contributed by atoms with Crippen LogP contribution in [-0.4, -0.2) is 70.9 Å². The van der Waals surface area contributed by atoms with Gasteiger partial charge in [-0.2, -0.15) is 0 Å². The molecule has 0 spiro atoms. The molecule has 3 fully saturated rings. The highest BCUT2D eigenvalue weighted by Gasteiger charge is 2.50. The largest absolute Gasteiger partial charge is 0.385 e. The molecule has 2 aromatic heterocycles. The fourth-order valence-corrected chi connectivity index (χ4v) is 8.11. The summed E-state index contributed by atoms with van der Waals surface area (Å²) in [5, 5.41) is 11.6. The number of aromatic nitrogens is 2. The number of piperidine rings is 2. The number of carbonyl (C=O) groups is 1. The number of amides is 1. The lowest BCUT2D eigenvalue weighted by Gasteiger charge is -2.52. The minimum absolute atomic E-state index is 0.0141. The Morgan fingerprint density at radius 1 is 0.974 bits per heavy atom. The molecule has 6 rings (SSSR count). The van der Waals surface area contributed by atoms with E-state index in [2.05, 4.69) is 4.90 Å². The summed E-state index contributed by atoms with van der Waals surface area (Å²) >= 11 is 0. The van der Waals surface area contributed by atoms with Crippen LogP contribution in [0.1, 0.15) is 61.0 Å². The summed E-state index contributed by atoms with van der Waals surface area (Å²) in [5.74, 6) is 0.589. The third-order valence-corrected chi connectivity index (χ3v) is 10.8. The van der Waals surface area contributed by atoms with Crippen molar-refractivity contribution in [3.8, 4) is 0 Å². The first-order valence-corrected chi connectivity index (χ1v) is 15.7. The molecule has 1 amide bonds. The lowest BCUT2D eigenvalue weighted by molar-refractivity contribution is -0.110. The highest BCUT2D eigenvalue weighted by molar-refractivity contribution is 7.91. The van der Waals surface area contributed by atoms with E-state index in [1.54, 1.807) is 0 Å². The SMILES string of the molecule is CS(=O)(=O)C1CCN(c2nc(C(=O)N3CC[C@@](O)(c4ccccc4)[C@@H]4CCCCC43)c3ccccn23)CC1. The molecule has 1 saturated carbocycles. The lowest BCUT2D eigenvalue weighted by Crippen LogP contribution is -2.59.